The minimum atomic E-state index is -0.0817. The average Bonchev–Trinajstić information content (AvgIpc) is 2.77. The van der Waals surface area contributed by atoms with Gasteiger partial charge < -0.3 is 9.84 Å². The monoisotopic (exact) mass is 266 g/mol. The maximum atomic E-state index is 9.22. The molecule has 1 heterocycles. The maximum Gasteiger partial charge on any atom is 0.124 e. The SMILES string of the molecule is Cn1nccc1CCOc1ccc(Cl)cc1CO. The van der Waals surface area contributed by atoms with E-state index in [-0.39, 0.29) is 6.61 Å². The highest BCUT2D eigenvalue weighted by Gasteiger charge is 2.05. The van der Waals surface area contributed by atoms with Crippen LogP contribution in [-0.4, -0.2) is 21.5 Å². The molecule has 18 heavy (non-hydrogen) atoms. The molecule has 1 aromatic heterocycles. The molecule has 0 amide bonds. The predicted octanol–water partition coefficient (Wildman–Crippen LogP) is 2.19. The molecule has 0 aliphatic carbocycles. The van der Waals surface area contributed by atoms with Crippen LogP contribution in [0.15, 0.2) is 30.5 Å². The van der Waals surface area contributed by atoms with Crippen LogP contribution in [0.2, 0.25) is 5.02 Å². The van der Waals surface area contributed by atoms with E-state index in [9.17, 15) is 5.11 Å². The molecule has 2 rings (SSSR count). The predicted molar refractivity (Wildman–Crippen MR) is 69.8 cm³/mol. The van der Waals surface area contributed by atoms with E-state index in [0.717, 1.165) is 12.1 Å². The van der Waals surface area contributed by atoms with Crippen molar-refractivity contribution in [2.45, 2.75) is 13.0 Å². The lowest BCUT2D eigenvalue weighted by Gasteiger charge is -2.10. The highest BCUT2D eigenvalue weighted by atomic mass is 35.5. The van der Waals surface area contributed by atoms with E-state index in [4.69, 9.17) is 16.3 Å². The molecule has 1 N–H and O–H groups in total. The van der Waals surface area contributed by atoms with Crippen LogP contribution in [0.25, 0.3) is 0 Å². The van der Waals surface area contributed by atoms with Crippen LogP contribution < -0.4 is 4.74 Å². The fraction of sp³-hybridized carbons (Fsp3) is 0.308. The van der Waals surface area contributed by atoms with Crippen LogP contribution in [0, 0.1) is 0 Å². The Kier molecular flexibility index (Phi) is 4.23. The highest BCUT2D eigenvalue weighted by Crippen LogP contribution is 2.23. The molecule has 2 aromatic rings. The molecule has 0 saturated carbocycles. The van der Waals surface area contributed by atoms with E-state index in [2.05, 4.69) is 5.10 Å². The number of benzene rings is 1. The number of aromatic nitrogens is 2. The first kappa shape index (κ1) is 12.9. The molecular formula is C13H15ClN2O2. The van der Waals surface area contributed by atoms with Gasteiger partial charge in [-0.2, -0.15) is 5.10 Å². The lowest BCUT2D eigenvalue weighted by Crippen LogP contribution is -2.07. The zero-order valence-electron chi connectivity index (χ0n) is 10.1. The Morgan fingerprint density at radius 2 is 2.22 bits per heavy atom. The summed E-state index contributed by atoms with van der Waals surface area (Å²) in [6.45, 7) is 0.454. The molecule has 0 atom stereocenters. The Bertz CT molecular complexity index is 525. The fourth-order valence-electron chi connectivity index (χ4n) is 1.72. The molecule has 0 unspecified atom stereocenters. The van der Waals surface area contributed by atoms with E-state index in [1.807, 2.05) is 17.8 Å². The number of hydrogen-bond donors (Lipinski definition) is 1. The molecule has 0 bridgehead atoms. The molecule has 0 radical (unpaired) electrons. The quantitative estimate of drug-likeness (QED) is 0.902. The first-order valence-electron chi connectivity index (χ1n) is 5.69. The average molecular weight is 267 g/mol. The largest absolute Gasteiger partial charge is 0.493 e. The lowest BCUT2D eigenvalue weighted by molar-refractivity contribution is 0.263. The number of ether oxygens (including phenoxy) is 1. The second kappa shape index (κ2) is 5.89. The fourth-order valence-corrected chi connectivity index (χ4v) is 1.92. The molecule has 96 valence electrons. The number of hydrogen-bond acceptors (Lipinski definition) is 3. The molecular weight excluding hydrogens is 252 g/mol. The van der Waals surface area contributed by atoms with Crippen molar-refractivity contribution in [3.63, 3.8) is 0 Å². The van der Waals surface area contributed by atoms with Gasteiger partial charge in [-0.3, -0.25) is 4.68 Å². The third-order valence-electron chi connectivity index (χ3n) is 2.73. The first-order valence-corrected chi connectivity index (χ1v) is 6.07. The Morgan fingerprint density at radius 3 is 2.89 bits per heavy atom. The summed E-state index contributed by atoms with van der Waals surface area (Å²) in [5.74, 6) is 0.670. The smallest absolute Gasteiger partial charge is 0.124 e. The highest BCUT2D eigenvalue weighted by molar-refractivity contribution is 6.30. The van der Waals surface area contributed by atoms with Gasteiger partial charge in [-0.05, 0) is 24.3 Å². The standard InChI is InChI=1S/C13H15ClN2O2/c1-16-12(4-6-15-16)5-7-18-13-3-2-11(14)8-10(13)9-17/h2-4,6,8,17H,5,7,9H2,1H3. The Morgan fingerprint density at radius 1 is 1.39 bits per heavy atom. The molecule has 0 fully saturated rings. The van der Waals surface area contributed by atoms with Crippen LogP contribution in [-0.2, 0) is 20.1 Å². The summed E-state index contributed by atoms with van der Waals surface area (Å²) >= 11 is 5.85. The Labute approximate surface area is 111 Å². The van der Waals surface area contributed by atoms with E-state index in [0.29, 0.717) is 22.9 Å². The van der Waals surface area contributed by atoms with Gasteiger partial charge in [0.2, 0.25) is 0 Å². The Hall–Kier alpha value is -1.52. The number of aliphatic hydroxyl groups excluding tert-OH is 1. The maximum absolute atomic E-state index is 9.22. The van der Waals surface area contributed by atoms with Crippen LogP contribution in [0.3, 0.4) is 0 Å². The Balaban J connectivity index is 1.96. The van der Waals surface area contributed by atoms with Gasteiger partial charge >= 0.3 is 0 Å². The number of aryl methyl sites for hydroxylation is 1. The molecule has 4 nitrogen and oxygen atoms in total. The van der Waals surface area contributed by atoms with Gasteiger partial charge in [-0.1, -0.05) is 11.6 Å². The summed E-state index contributed by atoms with van der Waals surface area (Å²) in [7, 11) is 1.90. The third-order valence-corrected chi connectivity index (χ3v) is 2.97. The summed E-state index contributed by atoms with van der Waals surface area (Å²) in [5.41, 5.74) is 1.81. The van der Waals surface area contributed by atoms with Gasteiger partial charge in [-0.15, -0.1) is 0 Å². The van der Waals surface area contributed by atoms with Gasteiger partial charge in [0.25, 0.3) is 0 Å². The third kappa shape index (κ3) is 3.03. The second-order valence-corrected chi connectivity index (χ2v) is 4.39. The topological polar surface area (TPSA) is 47.3 Å². The molecule has 1 aromatic carbocycles. The number of aliphatic hydroxyl groups is 1. The van der Waals surface area contributed by atoms with Gasteiger partial charge in [-0.25, -0.2) is 0 Å². The van der Waals surface area contributed by atoms with Crippen LogP contribution in [0.1, 0.15) is 11.3 Å². The van der Waals surface area contributed by atoms with Gasteiger partial charge in [0.05, 0.1) is 13.2 Å². The zero-order valence-corrected chi connectivity index (χ0v) is 10.9. The molecule has 0 aliphatic rings. The summed E-state index contributed by atoms with van der Waals surface area (Å²) < 4.78 is 7.47. The van der Waals surface area contributed by atoms with Crippen molar-refractivity contribution in [3.8, 4) is 5.75 Å². The molecule has 0 saturated heterocycles. The number of halogens is 1. The number of nitrogens with zero attached hydrogens (tertiary/aromatic N) is 2. The van der Waals surface area contributed by atoms with Crippen molar-refractivity contribution in [1.29, 1.82) is 0 Å². The normalized spacial score (nSPS) is 10.6. The summed E-state index contributed by atoms with van der Waals surface area (Å²) in [4.78, 5) is 0. The summed E-state index contributed by atoms with van der Waals surface area (Å²) in [5, 5.41) is 13.9. The van der Waals surface area contributed by atoms with E-state index in [1.54, 1.807) is 24.4 Å². The summed E-state index contributed by atoms with van der Waals surface area (Å²) in [6.07, 6.45) is 2.53. The first-order chi connectivity index (χ1) is 8.70. The van der Waals surface area contributed by atoms with Crippen LogP contribution in [0.5, 0.6) is 5.75 Å². The minimum absolute atomic E-state index is 0.0817. The van der Waals surface area contributed by atoms with Crippen LogP contribution >= 0.6 is 11.6 Å². The minimum Gasteiger partial charge on any atom is -0.493 e. The number of rotatable bonds is 5. The van der Waals surface area contributed by atoms with Crippen molar-refractivity contribution < 1.29 is 9.84 Å². The molecule has 0 aliphatic heterocycles. The second-order valence-electron chi connectivity index (χ2n) is 3.95. The van der Waals surface area contributed by atoms with Crippen molar-refractivity contribution in [3.05, 3.63) is 46.7 Å². The molecule has 5 heteroatoms. The summed E-state index contributed by atoms with van der Waals surface area (Å²) in [6, 6.07) is 7.19. The zero-order chi connectivity index (χ0) is 13.0. The van der Waals surface area contributed by atoms with E-state index in [1.165, 1.54) is 0 Å². The van der Waals surface area contributed by atoms with Crippen LogP contribution in [0.4, 0.5) is 0 Å². The van der Waals surface area contributed by atoms with Crippen molar-refractivity contribution in [1.82, 2.24) is 9.78 Å². The van der Waals surface area contributed by atoms with Gasteiger partial charge in [0.15, 0.2) is 0 Å². The van der Waals surface area contributed by atoms with Crippen molar-refractivity contribution in [2.75, 3.05) is 6.61 Å². The lowest BCUT2D eigenvalue weighted by atomic mass is 10.2. The van der Waals surface area contributed by atoms with Gasteiger partial charge in [0, 0.05) is 35.9 Å². The van der Waals surface area contributed by atoms with E-state index >= 15 is 0 Å². The van der Waals surface area contributed by atoms with Crippen molar-refractivity contribution >= 4 is 11.6 Å². The molecule has 0 spiro atoms. The van der Waals surface area contributed by atoms with Gasteiger partial charge in [0.1, 0.15) is 5.75 Å². The van der Waals surface area contributed by atoms with E-state index < -0.39 is 0 Å². The van der Waals surface area contributed by atoms with Crippen molar-refractivity contribution in [2.24, 2.45) is 7.05 Å².